The average molecular weight is 389 g/mol. The maximum Gasteiger partial charge on any atom is 0.320 e. The van der Waals surface area contributed by atoms with Gasteiger partial charge in [0.05, 0.1) is 12.6 Å². The number of aliphatic carboxylic acids is 1. The molecule has 0 saturated carbocycles. The highest BCUT2D eigenvalue weighted by Gasteiger charge is 2.35. The molecule has 0 aromatic heterocycles. The van der Waals surface area contributed by atoms with E-state index in [0.29, 0.717) is 13.0 Å². The lowest BCUT2D eigenvalue weighted by molar-refractivity contribution is -0.145. The van der Waals surface area contributed by atoms with Gasteiger partial charge >= 0.3 is 5.97 Å². The monoisotopic (exact) mass is 389 g/mol. The van der Waals surface area contributed by atoms with Gasteiger partial charge in [0, 0.05) is 0 Å². The van der Waals surface area contributed by atoms with Gasteiger partial charge in [-0.05, 0) is 66.4 Å². The van der Waals surface area contributed by atoms with Crippen LogP contribution in [-0.4, -0.2) is 35.2 Å². The number of likely N-dealkylation sites (tertiary alicyclic amines) is 1. The molecular weight excluding hydrogens is 362 g/mol. The second-order valence-corrected chi connectivity index (χ2v) is 7.60. The van der Waals surface area contributed by atoms with Gasteiger partial charge in [-0.25, -0.2) is 0 Å². The average Bonchev–Trinajstić information content (AvgIpc) is 2.75. The van der Waals surface area contributed by atoms with Crippen molar-refractivity contribution in [2.45, 2.75) is 38.3 Å². The fraction of sp³-hybridized carbons (Fsp3) is 0.320. The standard InChI is InChI=1S/C25H27NO3/c1-2-29-22-11-7-10-20(17-22)24(26-15-6-5-12-23(26)25(27)28)21-14-13-18-8-3-4-9-19(18)16-21/h3-4,7-11,13-14,16-17,23-24H,2,5-6,12,15H2,1H3,(H,27,28). The lowest BCUT2D eigenvalue weighted by Gasteiger charge is -2.39. The van der Waals surface area contributed by atoms with Crippen LogP contribution in [0.5, 0.6) is 5.75 Å². The molecule has 1 heterocycles. The van der Waals surface area contributed by atoms with Gasteiger partial charge in [-0.2, -0.15) is 0 Å². The van der Waals surface area contributed by atoms with Crippen molar-refractivity contribution in [1.29, 1.82) is 0 Å². The van der Waals surface area contributed by atoms with Gasteiger partial charge in [-0.1, -0.05) is 55.0 Å². The third-order valence-electron chi connectivity index (χ3n) is 5.74. The molecule has 0 bridgehead atoms. The number of carboxylic acid groups (broad SMARTS) is 1. The van der Waals surface area contributed by atoms with E-state index in [-0.39, 0.29) is 6.04 Å². The number of rotatable bonds is 6. The molecule has 2 atom stereocenters. The molecule has 4 nitrogen and oxygen atoms in total. The highest BCUT2D eigenvalue weighted by molar-refractivity contribution is 5.83. The van der Waals surface area contributed by atoms with Crippen LogP contribution in [0.3, 0.4) is 0 Å². The quantitative estimate of drug-likeness (QED) is 0.624. The summed E-state index contributed by atoms with van der Waals surface area (Å²) in [5, 5.41) is 12.2. The summed E-state index contributed by atoms with van der Waals surface area (Å²) in [5.41, 5.74) is 2.19. The molecule has 1 N–H and O–H groups in total. The van der Waals surface area contributed by atoms with Crippen LogP contribution in [-0.2, 0) is 4.79 Å². The molecular formula is C25H27NO3. The molecule has 4 rings (SSSR count). The van der Waals surface area contributed by atoms with Crippen molar-refractivity contribution >= 4 is 16.7 Å². The highest BCUT2D eigenvalue weighted by Crippen LogP contribution is 2.36. The third kappa shape index (κ3) is 4.13. The number of carbonyl (C=O) groups is 1. The molecule has 4 heteroatoms. The van der Waals surface area contributed by atoms with E-state index in [1.165, 1.54) is 10.8 Å². The van der Waals surface area contributed by atoms with Crippen LogP contribution in [0.4, 0.5) is 0 Å². The van der Waals surface area contributed by atoms with Crippen LogP contribution in [0.25, 0.3) is 10.8 Å². The normalized spacial score (nSPS) is 18.4. The lowest BCUT2D eigenvalue weighted by atomic mass is 9.90. The van der Waals surface area contributed by atoms with E-state index < -0.39 is 12.0 Å². The summed E-state index contributed by atoms with van der Waals surface area (Å²) in [5.74, 6) is 0.0797. The first kappa shape index (κ1) is 19.5. The Morgan fingerprint density at radius 3 is 2.62 bits per heavy atom. The number of hydrogen-bond acceptors (Lipinski definition) is 3. The van der Waals surface area contributed by atoms with Crippen molar-refractivity contribution in [1.82, 2.24) is 4.90 Å². The summed E-state index contributed by atoms with van der Waals surface area (Å²) < 4.78 is 5.73. The Hall–Kier alpha value is -2.85. The molecule has 1 aliphatic heterocycles. The second-order valence-electron chi connectivity index (χ2n) is 7.60. The van der Waals surface area contributed by atoms with Crippen molar-refractivity contribution in [2.75, 3.05) is 13.2 Å². The van der Waals surface area contributed by atoms with Gasteiger partial charge in [0.25, 0.3) is 0 Å². The van der Waals surface area contributed by atoms with E-state index in [4.69, 9.17) is 4.74 Å². The summed E-state index contributed by atoms with van der Waals surface area (Å²) in [6.45, 7) is 3.34. The first-order chi connectivity index (χ1) is 14.2. The number of benzene rings is 3. The Kier molecular flexibility index (Phi) is 5.81. The Labute approximate surface area is 171 Å². The minimum Gasteiger partial charge on any atom is -0.494 e. The van der Waals surface area contributed by atoms with E-state index >= 15 is 0 Å². The van der Waals surface area contributed by atoms with Crippen LogP contribution >= 0.6 is 0 Å². The number of piperidine rings is 1. The van der Waals surface area contributed by atoms with Crippen LogP contribution in [0.1, 0.15) is 43.4 Å². The van der Waals surface area contributed by atoms with Crippen molar-refractivity contribution < 1.29 is 14.6 Å². The van der Waals surface area contributed by atoms with Gasteiger partial charge in [0.1, 0.15) is 11.8 Å². The molecule has 3 aromatic rings. The predicted octanol–water partition coefficient (Wildman–Crippen LogP) is 5.27. The van der Waals surface area contributed by atoms with Crippen LogP contribution in [0.2, 0.25) is 0 Å². The second kappa shape index (κ2) is 8.66. The zero-order valence-corrected chi connectivity index (χ0v) is 16.8. The number of hydrogen-bond donors (Lipinski definition) is 1. The molecule has 0 spiro atoms. The number of ether oxygens (including phenoxy) is 1. The Balaban J connectivity index is 1.83. The van der Waals surface area contributed by atoms with Crippen molar-refractivity contribution in [3.8, 4) is 5.75 Å². The molecule has 1 saturated heterocycles. The zero-order valence-electron chi connectivity index (χ0n) is 16.8. The van der Waals surface area contributed by atoms with Gasteiger partial charge < -0.3 is 9.84 Å². The van der Waals surface area contributed by atoms with Crippen molar-refractivity contribution in [2.24, 2.45) is 0 Å². The molecule has 0 radical (unpaired) electrons. The minimum atomic E-state index is -0.739. The van der Waals surface area contributed by atoms with E-state index in [1.807, 2.05) is 31.2 Å². The highest BCUT2D eigenvalue weighted by atomic mass is 16.5. The fourth-order valence-electron chi connectivity index (χ4n) is 4.42. The Morgan fingerprint density at radius 2 is 1.83 bits per heavy atom. The van der Waals surface area contributed by atoms with Gasteiger partial charge in [-0.15, -0.1) is 0 Å². The molecule has 150 valence electrons. The van der Waals surface area contributed by atoms with E-state index in [2.05, 4.69) is 47.4 Å². The largest absolute Gasteiger partial charge is 0.494 e. The number of fused-ring (bicyclic) bond motifs is 1. The first-order valence-electron chi connectivity index (χ1n) is 10.4. The SMILES string of the molecule is CCOc1cccc(C(c2ccc3ccccc3c2)N2CCCCC2C(=O)O)c1. The molecule has 1 aliphatic rings. The molecule has 3 aromatic carbocycles. The molecule has 0 amide bonds. The lowest BCUT2D eigenvalue weighted by Crippen LogP contribution is -2.46. The molecule has 1 fully saturated rings. The van der Waals surface area contributed by atoms with Gasteiger partial charge in [0.2, 0.25) is 0 Å². The van der Waals surface area contributed by atoms with Crippen LogP contribution in [0.15, 0.2) is 66.7 Å². The van der Waals surface area contributed by atoms with Gasteiger partial charge in [0.15, 0.2) is 0 Å². The summed E-state index contributed by atoms with van der Waals surface area (Å²) >= 11 is 0. The van der Waals surface area contributed by atoms with Crippen molar-refractivity contribution in [3.05, 3.63) is 77.9 Å². The van der Waals surface area contributed by atoms with Gasteiger partial charge in [-0.3, -0.25) is 9.69 Å². The number of nitrogens with zero attached hydrogens (tertiary/aromatic N) is 1. The summed E-state index contributed by atoms with van der Waals surface area (Å²) in [4.78, 5) is 14.2. The maximum atomic E-state index is 12.0. The molecule has 2 unspecified atom stereocenters. The van der Waals surface area contributed by atoms with Crippen molar-refractivity contribution in [3.63, 3.8) is 0 Å². The smallest absolute Gasteiger partial charge is 0.320 e. The zero-order chi connectivity index (χ0) is 20.2. The summed E-state index contributed by atoms with van der Waals surface area (Å²) in [7, 11) is 0. The molecule has 0 aliphatic carbocycles. The van der Waals surface area contributed by atoms with E-state index in [0.717, 1.165) is 36.3 Å². The topological polar surface area (TPSA) is 49.8 Å². The summed E-state index contributed by atoms with van der Waals surface area (Å²) in [6, 6.07) is 22.2. The number of carboxylic acids is 1. The third-order valence-corrected chi connectivity index (χ3v) is 5.74. The maximum absolute atomic E-state index is 12.0. The van der Waals surface area contributed by atoms with Crippen LogP contribution < -0.4 is 4.74 Å². The minimum absolute atomic E-state index is 0.124. The van der Waals surface area contributed by atoms with E-state index in [1.54, 1.807) is 0 Å². The van der Waals surface area contributed by atoms with Crippen LogP contribution in [0, 0.1) is 0 Å². The Bertz CT molecular complexity index is 1000. The molecule has 29 heavy (non-hydrogen) atoms. The summed E-state index contributed by atoms with van der Waals surface area (Å²) in [6.07, 6.45) is 2.65. The van der Waals surface area contributed by atoms with E-state index in [9.17, 15) is 9.90 Å². The fourth-order valence-corrected chi connectivity index (χ4v) is 4.42. The predicted molar refractivity (Wildman–Crippen MR) is 115 cm³/mol. The first-order valence-corrected chi connectivity index (χ1v) is 10.4. The Morgan fingerprint density at radius 1 is 1.03 bits per heavy atom.